The minimum atomic E-state index is -0.0792. The first-order valence-corrected chi connectivity index (χ1v) is 5.50. The summed E-state index contributed by atoms with van der Waals surface area (Å²) in [7, 11) is 0. The van der Waals surface area contributed by atoms with E-state index in [-0.39, 0.29) is 6.61 Å². The minimum absolute atomic E-state index is 0.0792. The highest BCUT2D eigenvalue weighted by molar-refractivity contribution is 5.37. The predicted molar refractivity (Wildman–Crippen MR) is 66.1 cm³/mol. The first kappa shape index (κ1) is 11.6. The summed E-state index contributed by atoms with van der Waals surface area (Å²) in [6.45, 7) is 4.04. The van der Waals surface area contributed by atoms with E-state index in [4.69, 9.17) is 9.84 Å². The van der Waals surface area contributed by atoms with Gasteiger partial charge in [0, 0.05) is 12.3 Å². The molecule has 0 radical (unpaired) electrons. The summed E-state index contributed by atoms with van der Waals surface area (Å²) >= 11 is 0. The second kappa shape index (κ2) is 4.97. The number of aryl methyl sites for hydroxylation is 2. The summed E-state index contributed by atoms with van der Waals surface area (Å²) in [5.74, 6) is 1.48. The van der Waals surface area contributed by atoms with Crippen molar-refractivity contribution in [1.82, 2.24) is 4.98 Å². The molecule has 17 heavy (non-hydrogen) atoms. The maximum absolute atomic E-state index is 8.99. The third kappa shape index (κ3) is 2.82. The second-order valence-electron chi connectivity index (χ2n) is 3.99. The van der Waals surface area contributed by atoms with Gasteiger partial charge in [-0.15, -0.1) is 0 Å². The smallest absolute Gasteiger partial charge is 0.130 e. The first-order valence-electron chi connectivity index (χ1n) is 5.50. The van der Waals surface area contributed by atoms with Crippen molar-refractivity contribution in [3.05, 3.63) is 53.3 Å². The van der Waals surface area contributed by atoms with Crippen molar-refractivity contribution in [2.45, 2.75) is 20.5 Å². The maximum Gasteiger partial charge on any atom is 0.130 e. The first-order chi connectivity index (χ1) is 8.19. The van der Waals surface area contributed by atoms with Crippen LogP contribution in [-0.4, -0.2) is 10.1 Å². The highest BCUT2D eigenvalue weighted by Crippen LogP contribution is 2.23. The van der Waals surface area contributed by atoms with Crippen LogP contribution < -0.4 is 4.74 Å². The molecule has 0 saturated heterocycles. The highest BCUT2D eigenvalue weighted by atomic mass is 16.5. The SMILES string of the molecule is Cc1ccc(Oc2ccnc(CO)c2)cc1C. The van der Waals surface area contributed by atoms with E-state index in [2.05, 4.69) is 11.9 Å². The average Bonchev–Trinajstić information content (AvgIpc) is 2.34. The molecule has 0 fully saturated rings. The standard InChI is InChI=1S/C14H15NO2/c1-10-3-4-13(7-11(10)2)17-14-5-6-15-12(8-14)9-16/h3-8,16H,9H2,1-2H3. The molecule has 0 aliphatic heterocycles. The van der Waals surface area contributed by atoms with Gasteiger partial charge in [0.05, 0.1) is 12.3 Å². The van der Waals surface area contributed by atoms with Gasteiger partial charge < -0.3 is 9.84 Å². The van der Waals surface area contributed by atoms with Crippen molar-refractivity contribution in [3.8, 4) is 11.5 Å². The summed E-state index contributed by atoms with van der Waals surface area (Å²) in [6, 6.07) is 9.46. The highest BCUT2D eigenvalue weighted by Gasteiger charge is 2.01. The second-order valence-corrected chi connectivity index (χ2v) is 3.99. The van der Waals surface area contributed by atoms with E-state index in [0.29, 0.717) is 11.4 Å². The van der Waals surface area contributed by atoms with E-state index in [1.165, 1.54) is 11.1 Å². The van der Waals surface area contributed by atoms with Crippen LogP contribution in [0.4, 0.5) is 0 Å². The van der Waals surface area contributed by atoms with Crippen molar-refractivity contribution >= 4 is 0 Å². The van der Waals surface area contributed by atoms with Gasteiger partial charge in [-0.25, -0.2) is 0 Å². The van der Waals surface area contributed by atoms with Crippen LogP contribution in [0.3, 0.4) is 0 Å². The molecule has 88 valence electrons. The van der Waals surface area contributed by atoms with Gasteiger partial charge in [0.25, 0.3) is 0 Å². The van der Waals surface area contributed by atoms with Gasteiger partial charge in [-0.1, -0.05) is 6.07 Å². The molecular formula is C14H15NO2. The van der Waals surface area contributed by atoms with Crippen LogP contribution in [0.1, 0.15) is 16.8 Å². The molecule has 0 saturated carbocycles. The molecule has 1 N–H and O–H groups in total. The number of aromatic nitrogens is 1. The van der Waals surface area contributed by atoms with Crippen molar-refractivity contribution < 1.29 is 9.84 Å². The van der Waals surface area contributed by atoms with Crippen LogP contribution in [0.15, 0.2) is 36.5 Å². The third-order valence-corrected chi connectivity index (χ3v) is 2.66. The van der Waals surface area contributed by atoms with Crippen molar-refractivity contribution in [1.29, 1.82) is 0 Å². The van der Waals surface area contributed by atoms with E-state index in [1.807, 2.05) is 25.1 Å². The van der Waals surface area contributed by atoms with Gasteiger partial charge in [-0.05, 0) is 43.2 Å². The topological polar surface area (TPSA) is 42.4 Å². The number of nitrogens with zero attached hydrogens (tertiary/aromatic N) is 1. The van der Waals surface area contributed by atoms with Crippen LogP contribution in [0.2, 0.25) is 0 Å². The zero-order chi connectivity index (χ0) is 12.3. The molecule has 0 amide bonds. The molecule has 0 bridgehead atoms. The number of aliphatic hydroxyl groups excluding tert-OH is 1. The summed E-state index contributed by atoms with van der Waals surface area (Å²) in [5.41, 5.74) is 3.04. The van der Waals surface area contributed by atoms with E-state index in [0.717, 1.165) is 5.75 Å². The van der Waals surface area contributed by atoms with E-state index in [1.54, 1.807) is 18.3 Å². The number of pyridine rings is 1. The van der Waals surface area contributed by atoms with Crippen molar-refractivity contribution in [3.63, 3.8) is 0 Å². The normalized spacial score (nSPS) is 10.3. The summed E-state index contributed by atoms with van der Waals surface area (Å²) in [4.78, 5) is 4.00. The summed E-state index contributed by atoms with van der Waals surface area (Å²) in [5, 5.41) is 8.99. The zero-order valence-electron chi connectivity index (χ0n) is 9.97. The van der Waals surface area contributed by atoms with E-state index < -0.39 is 0 Å². The zero-order valence-corrected chi connectivity index (χ0v) is 9.97. The fourth-order valence-electron chi connectivity index (χ4n) is 1.52. The quantitative estimate of drug-likeness (QED) is 0.879. The lowest BCUT2D eigenvalue weighted by Gasteiger charge is -2.08. The largest absolute Gasteiger partial charge is 0.457 e. The molecule has 3 heteroatoms. The molecule has 0 spiro atoms. The maximum atomic E-state index is 8.99. The molecule has 0 aliphatic carbocycles. The molecule has 1 aromatic carbocycles. The molecule has 0 unspecified atom stereocenters. The van der Waals surface area contributed by atoms with Gasteiger partial charge in [0.2, 0.25) is 0 Å². The Kier molecular flexibility index (Phi) is 3.40. The van der Waals surface area contributed by atoms with Crippen molar-refractivity contribution in [2.75, 3.05) is 0 Å². The molecule has 1 heterocycles. The Bertz CT molecular complexity index is 523. The van der Waals surface area contributed by atoms with Crippen LogP contribution in [0, 0.1) is 13.8 Å². The lowest BCUT2D eigenvalue weighted by molar-refractivity contribution is 0.276. The number of hydrogen-bond acceptors (Lipinski definition) is 3. The molecule has 0 atom stereocenters. The minimum Gasteiger partial charge on any atom is -0.457 e. The Morgan fingerprint density at radius 3 is 2.53 bits per heavy atom. The lowest BCUT2D eigenvalue weighted by Crippen LogP contribution is -1.91. The van der Waals surface area contributed by atoms with Gasteiger partial charge in [-0.3, -0.25) is 4.98 Å². The molecule has 2 rings (SSSR count). The van der Waals surface area contributed by atoms with Gasteiger partial charge in [0.15, 0.2) is 0 Å². The number of hydrogen-bond donors (Lipinski definition) is 1. The predicted octanol–water partition coefficient (Wildman–Crippen LogP) is 2.98. The fourth-order valence-corrected chi connectivity index (χ4v) is 1.52. The Morgan fingerprint density at radius 1 is 1.06 bits per heavy atom. The number of aliphatic hydroxyl groups is 1. The monoisotopic (exact) mass is 229 g/mol. The average molecular weight is 229 g/mol. The van der Waals surface area contributed by atoms with Crippen LogP contribution in [0.5, 0.6) is 11.5 Å². The number of ether oxygens (including phenoxy) is 1. The Morgan fingerprint density at radius 2 is 1.82 bits per heavy atom. The molecule has 0 aliphatic rings. The molecular weight excluding hydrogens is 214 g/mol. The molecule has 2 aromatic rings. The Hall–Kier alpha value is -1.87. The van der Waals surface area contributed by atoms with Gasteiger partial charge in [0.1, 0.15) is 11.5 Å². The molecule has 1 aromatic heterocycles. The Labute approximate surface area is 101 Å². The van der Waals surface area contributed by atoms with Gasteiger partial charge >= 0.3 is 0 Å². The third-order valence-electron chi connectivity index (χ3n) is 2.66. The van der Waals surface area contributed by atoms with E-state index in [9.17, 15) is 0 Å². The summed E-state index contributed by atoms with van der Waals surface area (Å²) in [6.07, 6.45) is 1.63. The van der Waals surface area contributed by atoms with Crippen LogP contribution in [-0.2, 0) is 6.61 Å². The lowest BCUT2D eigenvalue weighted by atomic mass is 10.1. The Balaban J connectivity index is 2.22. The van der Waals surface area contributed by atoms with Gasteiger partial charge in [-0.2, -0.15) is 0 Å². The van der Waals surface area contributed by atoms with E-state index >= 15 is 0 Å². The fraction of sp³-hybridized carbons (Fsp3) is 0.214. The van der Waals surface area contributed by atoms with Crippen LogP contribution >= 0.6 is 0 Å². The summed E-state index contributed by atoms with van der Waals surface area (Å²) < 4.78 is 5.71. The number of benzene rings is 1. The number of rotatable bonds is 3. The van der Waals surface area contributed by atoms with Crippen LogP contribution in [0.25, 0.3) is 0 Å². The molecule has 3 nitrogen and oxygen atoms in total. The van der Waals surface area contributed by atoms with Crippen molar-refractivity contribution in [2.24, 2.45) is 0 Å².